The third kappa shape index (κ3) is 4.37. The molecule has 0 spiro atoms. The summed E-state index contributed by atoms with van der Waals surface area (Å²) < 4.78 is 67.3. The summed E-state index contributed by atoms with van der Waals surface area (Å²) in [5.41, 5.74) is -4.54. The highest BCUT2D eigenvalue weighted by Gasteiger charge is 2.44. The maximum atomic E-state index is 14.1. The minimum atomic E-state index is -4.94. The molecule has 0 aromatic heterocycles. The van der Waals surface area contributed by atoms with E-state index in [-0.39, 0.29) is 33.5 Å². The summed E-state index contributed by atoms with van der Waals surface area (Å²) in [5, 5.41) is 14.4. The van der Waals surface area contributed by atoms with Gasteiger partial charge in [-0.05, 0) is 55.5 Å². The van der Waals surface area contributed by atoms with Crippen LogP contribution in [-0.2, 0) is 11.7 Å². The Kier molecular flexibility index (Phi) is 5.99. The number of hydrogen-bond acceptors (Lipinski definition) is 3. The first-order valence-corrected chi connectivity index (χ1v) is 10.5. The molecule has 4 rings (SSSR count). The molecule has 0 bridgehead atoms. The van der Waals surface area contributed by atoms with Crippen molar-refractivity contribution in [2.45, 2.75) is 18.6 Å². The highest BCUT2D eigenvalue weighted by atomic mass is 35.5. The molecule has 186 valence electrons. The van der Waals surface area contributed by atoms with Crippen molar-refractivity contribution in [3.63, 3.8) is 0 Å². The van der Waals surface area contributed by atoms with Crippen LogP contribution in [-0.4, -0.2) is 22.9 Å². The average molecular weight is 525 g/mol. The number of halogens is 6. The van der Waals surface area contributed by atoms with Gasteiger partial charge in [0.15, 0.2) is 0 Å². The third-order valence-electron chi connectivity index (χ3n) is 5.70. The number of nitrogens with one attached hydrogen (secondary N) is 2. The van der Waals surface area contributed by atoms with Gasteiger partial charge in [-0.15, -0.1) is 0 Å². The van der Waals surface area contributed by atoms with E-state index in [1.54, 1.807) is 0 Å². The highest BCUT2D eigenvalue weighted by molar-refractivity contribution is 6.31. The van der Waals surface area contributed by atoms with E-state index in [0.717, 1.165) is 24.3 Å². The summed E-state index contributed by atoms with van der Waals surface area (Å²) in [6.07, 6.45) is -4.94. The molecule has 0 saturated heterocycles. The Morgan fingerprint density at radius 1 is 1.00 bits per heavy atom. The van der Waals surface area contributed by atoms with E-state index < -0.39 is 57.8 Å². The molecule has 1 atom stereocenters. The van der Waals surface area contributed by atoms with Gasteiger partial charge in [0.2, 0.25) is 0 Å². The molecule has 36 heavy (non-hydrogen) atoms. The molecular weight excluding hydrogens is 511 g/mol. The molecule has 1 heterocycles. The molecule has 2 amide bonds. The number of anilines is 1. The summed E-state index contributed by atoms with van der Waals surface area (Å²) in [6, 6.07) is 6.56. The van der Waals surface area contributed by atoms with E-state index in [9.17, 15) is 41.4 Å². The smallest absolute Gasteiger partial charge is 0.416 e. The number of aromatic carboxylic acids is 1. The predicted molar refractivity (Wildman–Crippen MR) is 118 cm³/mol. The molecule has 0 radical (unpaired) electrons. The van der Waals surface area contributed by atoms with Crippen LogP contribution in [0.5, 0.6) is 0 Å². The monoisotopic (exact) mass is 524 g/mol. The van der Waals surface area contributed by atoms with Crippen LogP contribution in [0.15, 0.2) is 48.5 Å². The van der Waals surface area contributed by atoms with Gasteiger partial charge in [0.25, 0.3) is 11.8 Å². The van der Waals surface area contributed by atoms with Gasteiger partial charge in [0.05, 0.1) is 16.7 Å². The number of fused-ring (bicyclic) bond motifs is 1. The van der Waals surface area contributed by atoms with Crippen LogP contribution in [0.3, 0.4) is 0 Å². The normalized spacial score (nSPS) is 16.9. The first-order chi connectivity index (χ1) is 16.7. The molecule has 3 N–H and O–H groups in total. The zero-order valence-electron chi connectivity index (χ0n) is 18.1. The van der Waals surface area contributed by atoms with Crippen LogP contribution in [0.4, 0.5) is 27.6 Å². The Morgan fingerprint density at radius 3 is 2.33 bits per heavy atom. The molecule has 3 aromatic carbocycles. The van der Waals surface area contributed by atoms with Gasteiger partial charge in [-0.25, -0.2) is 13.6 Å². The number of carboxylic acid groups (broad SMARTS) is 1. The summed E-state index contributed by atoms with van der Waals surface area (Å²) in [7, 11) is 0. The van der Waals surface area contributed by atoms with E-state index in [2.05, 4.69) is 10.6 Å². The average Bonchev–Trinajstić information content (AvgIpc) is 3.05. The van der Waals surface area contributed by atoms with Crippen LogP contribution >= 0.6 is 11.6 Å². The van der Waals surface area contributed by atoms with Crippen molar-refractivity contribution in [2.24, 2.45) is 0 Å². The van der Waals surface area contributed by atoms with Crippen molar-refractivity contribution in [3.8, 4) is 0 Å². The Morgan fingerprint density at radius 2 is 1.69 bits per heavy atom. The largest absolute Gasteiger partial charge is 0.478 e. The number of amides is 2. The number of hydrogen-bond donors (Lipinski definition) is 3. The Hall–Kier alpha value is -3.99. The second-order valence-corrected chi connectivity index (χ2v) is 8.54. The summed E-state index contributed by atoms with van der Waals surface area (Å²) in [4.78, 5) is 37.4. The van der Waals surface area contributed by atoms with Crippen molar-refractivity contribution in [1.29, 1.82) is 0 Å². The number of rotatable bonds is 4. The van der Waals surface area contributed by atoms with Crippen LogP contribution in [0.2, 0.25) is 5.02 Å². The minimum Gasteiger partial charge on any atom is -0.478 e. The van der Waals surface area contributed by atoms with E-state index in [1.807, 2.05) is 0 Å². The maximum absolute atomic E-state index is 14.1. The lowest BCUT2D eigenvalue weighted by Crippen LogP contribution is -2.38. The lowest BCUT2D eigenvalue weighted by molar-refractivity contribution is -0.137. The maximum Gasteiger partial charge on any atom is 0.416 e. The zero-order chi connectivity index (χ0) is 26.6. The second kappa shape index (κ2) is 8.59. The summed E-state index contributed by atoms with van der Waals surface area (Å²) in [5.74, 6) is -5.48. The van der Waals surface area contributed by atoms with E-state index in [4.69, 9.17) is 11.6 Å². The molecule has 1 aliphatic heterocycles. The standard InChI is InChI=1S/C24H14ClF5N2O4/c1-23(16-9-13(26)2-3-17(16)25)19-15(21(34)32-23)6-11(22(35)36)7-18(19)31-20(33)10-4-12(24(28,29)30)8-14(27)5-10/h2-9H,1H3,(H,31,33)(H,32,34)(H,35,36). The van der Waals surface area contributed by atoms with Gasteiger partial charge < -0.3 is 15.7 Å². The lowest BCUT2D eigenvalue weighted by Gasteiger charge is -2.29. The topological polar surface area (TPSA) is 95.5 Å². The van der Waals surface area contributed by atoms with Gasteiger partial charge in [-0.3, -0.25) is 9.59 Å². The van der Waals surface area contributed by atoms with Crippen LogP contribution in [0.1, 0.15) is 54.7 Å². The molecule has 6 nitrogen and oxygen atoms in total. The van der Waals surface area contributed by atoms with E-state index in [0.29, 0.717) is 12.1 Å². The highest BCUT2D eigenvalue weighted by Crippen LogP contribution is 2.44. The molecule has 0 aliphatic carbocycles. The molecule has 3 aromatic rings. The Bertz CT molecular complexity index is 1460. The van der Waals surface area contributed by atoms with Gasteiger partial charge in [0.1, 0.15) is 11.6 Å². The molecule has 1 unspecified atom stereocenters. The molecular formula is C24H14ClF5N2O4. The second-order valence-electron chi connectivity index (χ2n) is 8.14. The fourth-order valence-corrected chi connectivity index (χ4v) is 4.41. The molecule has 0 saturated carbocycles. The minimum absolute atomic E-state index is 0.00852. The summed E-state index contributed by atoms with van der Waals surface area (Å²) in [6.45, 7) is 1.43. The predicted octanol–water partition coefficient (Wildman–Crippen LogP) is 5.59. The number of carbonyl (C=O) groups is 3. The van der Waals surface area contributed by atoms with E-state index in [1.165, 1.54) is 13.0 Å². The SMILES string of the molecule is CC1(c2cc(F)ccc2Cl)NC(=O)c2cc(C(=O)O)cc(NC(=O)c3cc(F)cc(C(F)(F)F)c3)c21. The quantitative estimate of drug-likeness (QED) is 0.388. The van der Waals surface area contributed by atoms with Crippen LogP contribution in [0, 0.1) is 11.6 Å². The van der Waals surface area contributed by atoms with Gasteiger partial charge in [-0.2, -0.15) is 13.2 Å². The third-order valence-corrected chi connectivity index (χ3v) is 6.03. The van der Waals surface area contributed by atoms with Crippen LogP contribution in [0.25, 0.3) is 0 Å². The lowest BCUT2D eigenvalue weighted by atomic mass is 9.83. The van der Waals surface area contributed by atoms with Gasteiger partial charge in [0, 0.05) is 33.0 Å². The molecule has 0 fully saturated rings. The fourth-order valence-electron chi connectivity index (χ4n) is 4.10. The van der Waals surface area contributed by atoms with Gasteiger partial charge >= 0.3 is 12.1 Å². The Balaban J connectivity index is 1.89. The van der Waals surface area contributed by atoms with Gasteiger partial charge in [-0.1, -0.05) is 11.6 Å². The number of alkyl halides is 3. The van der Waals surface area contributed by atoms with Crippen molar-refractivity contribution in [1.82, 2.24) is 5.32 Å². The van der Waals surface area contributed by atoms with Crippen molar-refractivity contribution >= 4 is 35.1 Å². The first-order valence-electron chi connectivity index (χ1n) is 10.1. The number of carboxylic acids is 1. The number of benzene rings is 3. The molecule has 1 aliphatic rings. The van der Waals surface area contributed by atoms with Crippen molar-refractivity contribution < 1.29 is 41.4 Å². The zero-order valence-corrected chi connectivity index (χ0v) is 18.8. The van der Waals surface area contributed by atoms with Crippen molar-refractivity contribution in [3.05, 3.63) is 98.6 Å². The Labute approximate surface area is 204 Å². The summed E-state index contributed by atoms with van der Waals surface area (Å²) >= 11 is 6.25. The van der Waals surface area contributed by atoms with Crippen molar-refractivity contribution in [2.75, 3.05) is 5.32 Å². The number of carbonyl (C=O) groups excluding carboxylic acids is 2. The fraction of sp³-hybridized carbons (Fsp3) is 0.125. The van der Waals surface area contributed by atoms with Crippen LogP contribution < -0.4 is 10.6 Å². The first kappa shape index (κ1) is 25.1. The van der Waals surface area contributed by atoms with E-state index >= 15 is 0 Å². The molecule has 12 heteroatoms.